The van der Waals surface area contributed by atoms with Gasteiger partial charge in [0.2, 0.25) is 5.91 Å². The maximum atomic E-state index is 10.4. The molecule has 0 saturated carbocycles. The summed E-state index contributed by atoms with van der Waals surface area (Å²) in [6, 6.07) is -0.641. The molecule has 1 aliphatic rings. The Morgan fingerprint density at radius 2 is 1.31 bits per heavy atom. The Balaban J connectivity index is 0.000000577. The maximum absolute atomic E-state index is 10.4. The zero-order valence-electron chi connectivity index (χ0n) is 16.8. The van der Waals surface area contributed by atoms with Gasteiger partial charge in [-0.2, -0.15) is 0 Å². The van der Waals surface area contributed by atoms with E-state index < -0.39 is 12.0 Å². The van der Waals surface area contributed by atoms with E-state index in [-0.39, 0.29) is 5.91 Å². The number of hydrogen-bond donors (Lipinski definition) is 3. The Labute approximate surface area is 159 Å². The second kappa shape index (κ2) is 18.7. The first-order chi connectivity index (χ1) is 12.6. The van der Waals surface area contributed by atoms with Gasteiger partial charge in [-0.3, -0.25) is 4.79 Å². The number of aliphatic hydroxyl groups excluding tert-OH is 1. The molecule has 1 heterocycles. The summed E-state index contributed by atoms with van der Waals surface area (Å²) in [6.45, 7) is 2.65. The number of carbonyl (C=O) groups excluding carboxylic acids is 1. The number of aliphatic carboxylic acids is 1. The second-order valence-electron chi connectivity index (χ2n) is 7.32. The molecule has 154 valence electrons. The molecule has 3 N–H and O–H groups in total. The van der Waals surface area contributed by atoms with E-state index in [9.17, 15) is 9.59 Å². The Kier molecular flexibility index (Phi) is 17.9. The molecule has 1 fully saturated rings. The van der Waals surface area contributed by atoms with Crippen molar-refractivity contribution in [3.8, 4) is 0 Å². The summed E-state index contributed by atoms with van der Waals surface area (Å²) in [5.74, 6) is -1.11. The molecule has 1 rings (SSSR count). The Morgan fingerprint density at radius 1 is 0.885 bits per heavy atom. The number of rotatable bonds is 15. The molecule has 5 heteroatoms. The molecule has 1 unspecified atom stereocenters. The maximum Gasteiger partial charge on any atom is 0.326 e. The normalized spacial score (nSPS) is 16.1. The molecule has 26 heavy (non-hydrogen) atoms. The summed E-state index contributed by atoms with van der Waals surface area (Å²) in [5, 5.41) is 19.3. The van der Waals surface area contributed by atoms with Crippen LogP contribution in [0.15, 0.2) is 0 Å². The molecule has 0 aromatic carbocycles. The van der Waals surface area contributed by atoms with E-state index in [1.54, 1.807) is 0 Å². The lowest BCUT2D eigenvalue weighted by Crippen LogP contribution is -2.32. The number of unbranched alkanes of at least 4 members (excludes halogenated alkanes) is 13. The topological polar surface area (TPSA) is 86.6 Å². The lowest BCUT2D eigenvalue weighted by molar-refractivity contribution is -0.140. The fourth-order valence-corrected chi connectivity index (χ4v) is 3.11. The third-order valence-electron chi connectivity index (χ3n) is 4.81. The lowest BCUT2D eigenvalue weighted by atomic mass is 10.0. The van der Waals surface area contributed by atoms with Crippen molar-refractivity contribution in [1.29, 1.82) is 0 Å². The molecule has 1 saturated heterocycles. The average Bonchev–Trinajstić information content (AvgIpc) is 3.06. The molecule has 0 aliphatic carbocycles. The van der Waals surface area contributed by atoms with Crippen LogP contribution in [-0.2, 0) is 9.59 Å². The monoisotopic (exact) mass is 371 g/mol. The van der Waals surface area contributed by atoms with Crippen LogP contribution in [0.3, 0.4) is 0 Å². The highest BCUT2D eigenvalue weighted by molar-refractivity contribution is 5.87. The molecular formula is C21H41NO4. The molecule has 0 spiro atoms. The average molecular weight is 372 g/mol. The van der Waals surface area contributed by atoms with E-state index in [1.807, 2.05) is 0 Å². The smallest absolute Gasteiger partial charge is 0.326 e. The SMILES string of the molecule is CCCCCCCCCCCCCCCCO.O=C1CCC(C(=O)O)N1. The molecular weight excluding hydrogens is 330 g/mol. The minimum Gasteiger partial charge on any atom is -0.480 e. The highest BCUT2D eigenvalue weighted by Gasteiger charge is 2.26. The highest BCUT2D eigenvalue weighted by Crippen LogP contribution is 2.12. The van der Waals surface area contributed by atoms with Crippen molar-refractivity contribution in [3.63, 3.8) is 0 Å². The van der Waals surface area contributed by atoms with Gasteiger partial charge in [-0.05, 0) is 12.8 Å². The molecule has 1 atom stereocenters. The van der Waals surface area contributed by atoms with Crippen LogP contribution in [-0.4, -0.2) is 34.7 Å². The molecule has 1 aliphatic heterocycles. The van der Waals surface area contributed by atoms with Crippen molar-refractivity contribution < 1.29 is 19.8 Å². The Morgan fingerprint density at radius 3 is 1.58 bits per heavy atom. The van der Waals surface area contributed by atoms with Gasteiger partial charge in [0.15, 0.2) is 0 Å². The molecule has 5 nitrogen and oxygen atoms in total. The number of carboxylic acids is 1. The van der Waals surface area contributed by atoms with E-state index >= 15 is 0 Å². The highest BCUT2D eigenvalue weighted by atomic mass is 16.4. The van der Waals surface area contributed by atoms with Gasteiger partial charge >= 0.3 is 5.97 Å². The second-order valence-corrected chi connectivity index (χ2v) is 7.32. The van der Waals surface area contributed by atoms with Gasteiger partial charge in [0.25, 0.3) is 0 Å². The summed E-state index contributed by atoms with van der Waals surface area (Å²) >= 11 is 0. The predicted octanol–water partition coefficient (Wildman–Crippen LogP) is 4.81. The van der Waals surface area contributed by atoms with E-state index in [1.165, 1.54) is 83.5 Å². The Bertz CT molecular complexity index is 333. The standard InChI is InChI=1S/C16H34O.C5H7NO3/c1-2-3-4-5-6-7-8-9-10-11-12-13-14-15-16-17;7-4-2-1-3(6-4)5(8)9/h17H,2-16H2,1H3;3H,1-2H2,(H,6,7)(H,8,9). The third kappa shape index (κ3) is 16.4. The van der Waals surface area contributed by atoms with Gasteiger partial charge < -0.3 is 15.5 Å². The largest absolute Gasteiger partial charge is 0.480 e. The first-order valence-corrected chi connectivity index (χ1v) is 10.7. The van der Waals surface area contributed by atoms with Crippen LogP contribution in [0.5, 0.6) is 0 Å². The summed E-state index contributed by atoms with van der Waals surface area (Å²) in [7, 11) is 0. The lowest BCUT2D eigenvalue weighted by Gasteiger charge is -2.02. The van der Waals surface area contributed by atoms with Crippen molar-refractivity contribution in [3.05, 3.63) is 0 Å². The van der Waals surface area contributed by atoms with Gasteiger partial charge in [0, 0.05) is 13.0 Å². The van der Waals surface area contributed by atoms with Crippen LogP contribution < -0.4 is 5.32 Å². The molecule has 0 radical (unpaired) electrons. The first kappa shape index (κ1) is 24.9. The summed E-state index contributed by atoms with van der Waals surface area (Å²) in [6.07, 6.45) is 20.0. The Hall–Kier alpha value is -1.10. The third-order valence-corrected chi connectivity index (χ3v) is 4.81. The van der Waals surface area contributed by atoms with Gasteiger partial charge in [0.1, 0.15) is 6.04 Å². The fourth-order valence-electron chi connectivity index (χ4n) is 3.11. The van der Waals surface area contributed by atoms with Crippen molar-refractivity contribution in [1.82, 2.24) is 5.32 Å². The van der Waals surface area contributed by atoms with Crippen LogP contribution in [0.25, 0.3) is 0 Å². The zero-order chi connectivity index (χ0) is 19.5. The van der Waals surface area contributed by atoms with Gasteiger partial charge in [-0.15, -0.1) is 0 Å². The van der Waals surface area contributed by atoms with Crippen LogP contribution >= 0.6 is 0 Å². The van der Waals surface area contributed by atoms with Crippen molar-refractivity contribution >= 4 is 11.9 Å². The minimum atomic E-state index is -0.944. The fraction of sp³-hybridized carbons (Fsp3) is 0.905. The number of amides is 1. The van der Waals surface area contributed by atoms with Gasteiger partial charge in [-0.25, -0.2) is 4.79 Å². The van der Waals surface area contributed by atoms with Crippen LogP contribution in [0.1, 0.15) is 110 Å². The number of carbonyl (C=O) groups is 2. The summed E-state index contributed by atoms with van der Waals surface area (Å²) in [4.78, 5) is 20.5. The number of carboxylic acid groups (broad SMARTS) is 1. The van der Waals surface area contributed by atoms with E-state index in [0.717, 1.165) is 6.42 Å². The van der Waals surface area contributed by atoms with E-state index in [4.69, 9.17) is 10.2 Å². The molecule has 0 bridgehead atoms. The van der Waals surface area contributed by atoms with E-state index in [0.29, 0.717) is 19.4 Å². The number of hydrogen-bond acceptors (Lipinski definition) is 3. The van der Waals surface area contributed by atoms with Crippen molar-refractivity contribution in [2.45, 2.75) is 116 Å². The van der Waals surface area contributed by atoms with E-state index in [2.05, 4.69) is 12.2 Å². The summed E-state index contributed by atoms with van der Waals surface area (Å²) in [5.41, 5.74) is 0. The first-order valence-electron chi connectivity index (χ1n) is 10.7. The van der Waals surface area contributed by atoms with Gasteiger partial charge in [-0.1, -0.05) is 90.4 Å². The minimum absolute atomic E-state index is 0.164. The van der Waals surface area contributed by atoms with Crippen LogP contribution in [0.2, 0.25) is 0 Å². The molecule has 0 aromatic heterocycles. The molecule has 1 amide bonds. The number of aliphatic hydroxyl groups is 1. The van der Waals surface area contributed by atoms with Gasteiger partial charge in [0.05, 0.1) is 0 Å². The predicted molar refractivity (Wildman–Crippen MR) is 106 cm³/mol. The van der Waals surface area contributed by atoms with Crippen LogP contribution in [0, 0.1) is 0 Å². The van der Waals surface area contributed by atoms with Crippen LogP contribution in [0.4, 0.5) is 0 Å². The number of nitrogens with one attached hydrogen (secondary N) is 1. The summed E-state index contributed by atoms with van der Waals surface area (Å²) < 4.78 is 0. The van der Waals surface area contributed by atoms with Crippen molar-refractivity contribution in [2.75, 3.05) is 6.61 Å². The van der Waals surface area contributed by atoms with Crippen molar-refractivity contribution in [2.24, 2.45) is 0 Å². The quantitative estimate of drug-likeness (QED) is 0.361. The zero-order valence-corrected chi connectivity index (χ0v) is 16.8. The molecule has 0 aromatic rings.